The first-order chi connectivity index (χ1) is 5.00. The third kappa shape index (κ3) is 2.36. The summed E-state index contributed by atoms with van der Waals surface area (Å²) in [5, 5.41) is 0. The van der Waals surface area contributed by atoms with Gasteiger partial charge in [0.25, 0.3) is 0 Å². The van der Waals surface area contributed by atoms with Crippen LogP contribution in [0, 0.1) is 6.92 Å². The van der Waals surface area contributed by atoms with Gasteiger partial charge in [-0.05, 0) is 6.92 Å². The van der Waals surface area contributed by atoms with Crippen molar-refractivity contribution in [1.82, 2.24) is 0 Å². The Hall–Kier alpha value is -0.248. The maximum Gasteiger partial charge on any atom is 0.227 e. The van der Waals surface area contributed by atoms with Crippen molar-refractivity contribution < 1.29 is 0 Å². The lowest BCUT2D eigenvalue weighted by Gasteiger charge is -2.18. The zero-order chi connectivity index (χ0) is 8.48. The van der Waals surface area contributed by atoms with Gasteiger partial charge < -0.3 is 0 Å². The molecule has 0 heterocycles. The van der Waals surface area contributed by atoms with E-state index in [0.717, 1.165) is 0 Å². The third-order valence-electron chi connectivity index (χ3n) is 1.92. The second-order valence-electron chi connectivity index (χ2n) is 4.12. The number of hydrogen-bond donors (Lipinski definition) is 0. The van der Waals surface area contributed by atoms with E-state index in [1.165, 1.54) is 27.4 Å². The number of aryl methyl sites for hydroxylation is 1. The van der Waals surface area contributed by atoms with E-state index >= 15 is 0 Å². The van der Waals surface area contributed by atoms with Gasteiger partial charge in [0.2, 0.25) is 16.3 Å². The zero-order valence-electron chi connectivity index (χ0n) is 7.81. The minimum absolute atomic E-state index is 0.424. The molecule has 0 nitrogen and oxygen atoms in total. The topological polar surface area (TPSA) is 0 Å². The van der Waals surface area contributed by atoms with Crippen molar-refractivity contribution in [2.75, 3.05) is 0 Å². The van der Waals surface area contributed by atoms with Crippen LogP contribution in [-0.2, 0) is 4.28 Å². The fraction of sp³-hybridized carbons (Fsp3) is 0.400. The molecular weight excluding hydrogens is 147 g/mol. The molecule has 0 radical (unpaired) electrons. The summed E-state index contributed by atoms with van der Waals surface area (Å²) in [6.45, 7) is 6.72. The zero-order valence-corrected chi connectivity index (χ0v) is 9.81. The van der Waals surface area contributed by atoms with Gasteiger partial charge in [0, 0.05) is 0 Å². The highest BCUT2D eigenvalue weighted by molar-refractivity contribution is 6.15. The number of benzene rings is 1. The molecule has 0 amide bonds. The van der Waals surface area contributed by atoms with Crippen molar-refractivity contribution in [2.45, 2.75) is 25.0 Å². The minimum Gasteiger partial charge on any atom is -0.0688 e. The van der Waals surface area contributed by atoms with E-state index in [9.17, 15) is 0 Å². The number of hydrogen-bond acceptors (Lipinski definition) is 0. The first-order valence-electron chi connectivity index (χ1n) is 4.07. The highest BCUT2D eigenvalue weighted by atomic mass is 27.0. The molecule has 1 aromatic rings. The van der Waals surface area contributed by atoms with E-state index in [-0.39, 0.29) is 0 Å². The average Bonchev–Trinajstić information content (AvgIpc) is 1.86. The Morgan fingerprint density at radius 3 is 1.91 bits per heavy atom. The molecule has 0 aliphatic rings. The van der Waals surface area contributed by atoms with E-state index in [0.29, 0.717) is 4.28 Å². The smallest absolute Gasteiger partial charge is 0.0688 e. The Balaban J connectivity index is 2.99. The van der Waals surface area contributed by atoms with Crippen molar-refractivity contribution in [3.8, 4) is 0 Å². The molecule has 11 heavy (non-hydrogen) atoms. The van der Waals surface area contributed by atoms with Crippen LogP contribution in [-0.4, -0.2) is 16.3 Å². The summed E-state index contributed by atoms with van der Waals surface area (Å²) in [5.41, 5.74) is 2.81. The maximum atomic E-state index is 2.30. The van der Waals surface area contributed by atoms with Crippen LogP contribution in [0.15, 0.2) is 24.3 Å². The molecule has 1 aromatic carbocycles. The van der Waals surface area contributed by atoms with Crippen LogP contribution in [0.1, 0.15) is 25.0 Å². The van der Waals surface area contributed by atoms with Gasteiger partial charge in [0.15, 0.2) is 0 Å². The highest BCUT2D eigenvalue weighted by Crippen LogP contribution is 2.18. The summed E-state index contributed by atoms with van der Waals surface area (Å²) < 4.78 is 0.424. The lowest BCUT2D eigenvalue weighted by molar-refractivity contribution is 0.764. The van der Waals surface area contributed by atoms with E-state index < -0.39 is 0 Å². The van der Waals surface area contributed by atoms with Crippen LogP contribution in [0.25, 0.3) is 0 Å². The van der Waals surface area contributed by atoms with E-state index in [4.69, 9.17) is 0 Å². The normalized spacial score (nSPS) is 11.5. The third-order valence-corrected chi connectivity index (χ3v) is 2.49. The molecule has 1 heteroatoms. The van der Waals surface area contributed by atoms with Crippen LogP contribution in [0.3, 0.4) is 0 Å². The minimum atomic E-state index is 0.424. The van der Waals surface area contributed by atoms with Crippen LogP contribution >= 0.6 is 0 Å². The van der Waals surface area contributed by atoms with Crippen molar-refractivity contribution in [3.63, 3.8) is 0 Å². The molecule has 58 valence electrons. The highest BCUT2D eigenvalue weighted by Gasteiger charge is 2.12. The molecule has 0 fully saturated rings. The van der Waals surface area contributed by atoms with Gasteiger partial charge in [-0.3, -0.25) is 0 Å². The van der Waals surface area contributed by atoms with Gasteiger partial charge in [-0.1, -0.05) is 53.5 Å². The Kier molecular flexibility index (Phi) is 2.42. The van der Waals surface area contributed by atoms with Crippen LogP contribution in [0.5, 0.6) is 0 Å². The quantitative estimate of drug-likeness (QED) is 0.553. The molecule has 0 saturated carbocycles. The van der Waals surface area contributed by atoms with Gasteiger partial charge in [0.1, 0.15) is 0 Å². The maximum absolute atomic E-state index is 2.30. The molecule has 0 aliphatic heterocycles. The molecule has 0 bridgehead atoms. The molecule has 0 spiro atoms. The summed E-state index contributed by atoms with van der Waals surface area (Å²) in [4.78, 5) is 0. The Morgan fingerprint density at radius 2 is 1.55 bits per heavy atom. The second-order valence-corrected chi connectivity index (χ2v) is 6.62. The fourth-order valence-corrected chi connectivity index (χ4v) is 1.39. The summed E-state index contributed by atoms with van der Waals surface area (Å²) in [6, 6.07) is 8.86. The largest absolute Gasteiger partial charge is 0.227 e. The lowest BCUT2D eigenvalue weighted by atomic mass is 10.0. The standard InChI is InChI=1S/C10H13.Al.2H/c1-8(2)10-6-4-9(3)5-7-10;;;/h4-7H,1-3H3;;;. The predicted octanol–water partition coefficient (Wildman–Crippen LogP) is 1.86. The van der Waals surface area contributed by atoms with E-state index in [1.807, 2.05) is 0 Å². The van der Waals surface area contributed by atoms with E-state index in [1.54, 1.807) is 0 Å². The SMILES string of the molecule is Cc1ccc([C](C)(C)[AlH2])cc1. The average molecular weight is 162 g/mol. The van der Waals surface area contributed by atoms with Gasteiger partial charge >= 0.3 is 0 Å². The molecule has 0 unspecified atom stereocenters. The monoisotopic (exact) mass is 162 g/mol. The first kappa shape index (κ1) is 8.85. The molecule has 0 N–H and O–H groups in total. The molecule has 0 aromatic heterocycles. The van der Waals surface area contributed by atoms with Crippen molar-refractivity contribution in [2.24, 2.45) is 0 Å². The molecule has 0 saturated heterocycles. The van der Waals surface area contributed by atoms with Crippen LogP contribution in [0.2, 0.25) is 0 Å². The first-order valence-corrected chi connectivity index (χ1v) is 5.07. The Morgan fingerprint density at radius 1 is 1.09 bits per heavy atom. The fourth-order valence-electron chi connectivity index (χ4n) is 1.05. The van der Waals surface area contributed by atoms with Gasteiger partial charge in [-0.25, -0.2) is 0 Å². The lowest BCUT2D eigenvalue weighted by Crippen LogP contribution is -2.16. The van der Waals surface area contributed by atoms with Crippen molar-refractivity contribution >= 4 is 16.3 Å². The summed E-state index contributed by atoms with van der Waals surface area (Å²) in [6.07, 6.45) is 0. The van der Waals surface area contributed by atoms with Crippen molar-refractivity contribution in [1.29, 1.82) is 0 Å². The van der Waals surface area contributed by atoms with Crippen LogP contribution < -0.4 is 0 Å². The summed E-state index contributed by atoms with van der Waals surface area (Å²) >= 11 is 1.21. The molecule has 1 rings (SSSR count). The van der Waals surface area contributed by atoms with Crippen LogP contribution in [0.4, 0.5) is 0 Å². The van der Waals surface area contributed by atoms with Gasteiger partial charge in [-0.15, -0.1) is 0 Å². The summed E-state index contributed by atoms with van der Waals surface area (Å²) in [7, 11) is 0. The van der Waals surface area contributed by atoms with E-state index in [2.05, 4.69) is 45.0 Å². The number of rotatable bonds is 1. The predicted molar refractivity (Wildman–Crippen MR) is 52.7 cm³/mol. The van der Waals surface area contributed by atoms with Gasteiger partial charge in [-0.2, -0.15) is 0 Å². The molecule has 0 aliphatic carbocycles. The van der Waals surface area contributed by atoms with Gasteiger partial charge in [0.05, 0.1) is 0 Å². The molecule has 0 atom stereocenters. The molecular formula is C10H15Al. The Bertz CT molecular complexity index is 228. The summed E-state index contributed by atoms with van der Waals surface area (Å²) in [5.74, 6) is 0. The Labute approximate surface area is 77.1 Å². The van der Waals surface area contributed by atoms with Crippen molar-refractivity contribution in [3.05, 3.63) is 35.4 Å². The second kappa shape index (κ2) is 3.01.